The molecule has 0 fully saturated rings. The lowest BCUT2D eigenvalue weighted by Gasteiger charge is -2.13. The van der Waals surface area contributed by atoms with E-state index in [1.54, 1.807) is 35.0 Å². The fourth-order valence-corrected chi connectivity index (χ4v) is 4.03. The lowest BCUT2D eigenvalue weighted by molar-refractivity contribution is 0.102. The van der Waals surface area contributed by atoms with Crippen molar-refractivity contribution in [2.75, 3.05) is 10.6 Å². The zero-order chi connectivity index (χ0) is 25.1. The molecule has 0 saturated carbocycles. The van der Waals surface area contributed by atoms with Crippen LogP contribution >= 0.6 is 11.6 Å². The maximum absolute atomic E-state index is 12.6. The van der Waals surface area contributed by atoms with Gasteiger partial charge in [-0.05, 0) is 47.4 Å². The number of carbonyl (C=O) groups is 1. The molecular formula is C27H18BClN6O. The zero-order valence-corrected chi connectivity index (χ0v) is 19.7. The van der Waals surface area contributed by atoms with E-state index < -0.39 is 0 Å². The molecule has 0 bridgehead atoms. The molecule has 172 valence electrons. The quantitative estimate of drug-likeness (QED) is 0.341. The third kappa shape index (κ3) is 4.78. The van der Waals surface area contributed by atoms with E-state index in [9.17, 15) is 4.79 Å². The predicted molar refractivity (Wildman–Crippen MR) is 142 cm³/mol. The Balaban J connectivity index is 1.38. The van der Waals surface area contributed by atoms with Gasteiger partial charge in [0.15, 0.2) is 5.65 Å². The van der Waals surface area contributed by atoms with E-state index in [0.717, 1.165) is 11.1 Å². The molecule has 2 aromatic heterocycles. The van der Waals surface area contributed by atoms with Gasteiger partial charge in [0.25, 0.3) is 5.91 Å². The van der Waals surface area contributed by atoms with Crippen molar-refractivity contribution in [2.24, 2.45) is 0 Å². The van der Waals surface area contributed by atoms with Gasteiger partial charge in [-0.1, -0.05) is 48.0 Å². The number of hydrogen-bond acceptors (Lipinski definition) is 5. The number of nitrogens with zero attached hydrogens (tertiary/aromatic N) is 4. The predicted octanol–water partition coefficient (Wildman–Crippen LogP) is 4.58. The van der Waals surface area contributed by atoms with Gasteiger partial charge in [0.2, 0.25) is 0 Å². The molecule has 0 unspecified atom stereocenters. The summed E-state index contributed by atoms with van der Waals surface area (Å²) in [5.74, 6) is 0.402. The van der Waals surface area contributed by atoms with Crippen molar-refractivity contribution in [3.8, 4) is 17.3 Å². The average Bonchev–Trinajstić information content (AvgIpc) is 3.28. The number of nitriles is 1. The second kappa shape index (κ2) is 9.94. The maximum Gasteiger partial charge on any atom is 0.255 e. The minimum Gasteiger partial charge on any atom is -0.366 e. The molecule has 2 N–H and O–H groups in total. The number of rotatable bonds is 6. The Morgan fingerprint density at radius 1 is 1.06 bits per heavy atom. The van der Waals surface area contributed by atoms with Crippen molar-refractivity contribution in [1.29, 1.82) is 5.26 Å². The number of hydrogen-bond donors (Lipinski definition) is 2. The highest BCUT2D eigenvalue weighted by Crippen LogP contribution is 2.28. The van der Waals surface area contributed by atoms with E-state index in [1.807, 2.05) is 60.7 Å². The van der Waals surface area contributed by atoms with E-state index in [2.05, 4.69) is 20.7 Å². The number of nitrogens with one attached hydrogen (secondary N) is 2. The zero-order valence-electron chi connectivity index (χ0n) is 18.9. The normalized spacial score (nSPS) is 10.7. The first-order valence-corrected chi connectivity index (χ1v) is 11.4. The van der Waals surface area contributed by atoms with Gasteiger partial charge in [-0.25, -0.2) is 4.98 Å². The first-order valence-electron chi connectivity index (χ1n) is 11.1. The van der Waals surface area contributed by atoms with Crippen LogP contribution in [0.5, 0.6) is 0 Å². The van der Waals surface area contributed by atoms with Gasteiger partial charge in [-0.3, -0.25) is 4.79 Å². The van der Waals surface area contributed by atoms with Crippen LogP contribution in [-0.2, 0) is 6.54 Å². The number of amides is 1. The van der Waals surface area contributed by atoms with E-state index in [4.69, 9.17) is 24.7 Å². The molecule has 2 heterocycles. The van der Waals surface area contributed by atoms with Crippen LogP contribution in [0.25, 0.3) is 16.9 Å². The highest BCUT2D eigenvalue weighted by molar-refractivity contribution is 6.36. The monoisotopic (exact) mass is 488 g/mol. The van der Waals surface area contributed by atoms with Crippen molar-refractivity contribution in [3.05, 3.63) is 107 Å². The van der Waals surface area contributed by atoms with Gasteiger partial charge >= 0.3 is 0 Å². The molecule has 36 heavy (non-hydrogen) atoms. The standard InChI is InChI=1S/C27H18BClN6O/c28-22-16-32-35-25(13-24(34-26(22)35)21-9-1-2-10-23(21)29)31-15-18-6-4-8-20(12-18)33-27(36)19-7-3-5-17(11-19)14-30/h1-13,16,31H,15H2,(H,33,36). The average molecular weight is 489 g/mol. The molecular weight excluding hydrogens is 471 g/mol. The molecule has 5 aromatic rings. The van der Waals surface area contributed by atoms with Crippen molar-refractivity contribution in [2.45, 2.75) is 6.54 Å². The second-order valence-electron chi connectivity index (χ2n) is 8.04. The summed E-state index contributed by atoms with van der Waals surface area (Å²) < 4.78 is 1.64. The van der Waals surface area contributed by atoms with Crippen LogP contribution in [0.1, 0.15) is 21.5 Å². The van der Waals surface area contributed by atoms with E-state index in [-0.39, 0.29) is 5.91 Å². The maximum atomic E-state index is 12.6. The number of aromatic nitrogens is 3. The highest BCUT2D eigenvalue weighted by Gasteiger charge is 2.13. The number of carbonyl (C=O) groups excluding carboxylic acids is 1. The van der Waals surface area contributed by atoms with E-state index >= 15 is 0 Å². The SMILES string of the molecule is [B]c1cnn2c(NCc3cccc(NC(=O)c4cccc(C#N)c4)c3)cc(-c3ccccc3Cl)nc12. The third-order valence-corrected chi connectivity index (χ3v) is 5.89. The van der Waals surface area contributed by atoms with Crippen LogP contribution in [-0.4, -0.2) is 28.4 Å². The topological polar surface area (TPSA) is 95.1 Å². The number of halogens is 1. The Hall–Kier alpha value is -4.61. The minimum atomic E-state index is -0.288. The second-order valence-corrected chi connectivity index (χ2v) is 8.45. The molecule has 9 heteroatoms. The molecule has 2 radical (unpaired) electrons. The fourth-order valence-electron chi connectivity index (χ4n) is 3.80. The van der Waals surface area contributed by atoms with Gasteiger partial charge in [0.1, 0.15) is 13.7 Å². The first-order chi connectivity index (χ1) is 17.5. The van der Waals surface area contributed by atoms with Crippen molar-refractivity contribution in [1.82, 2.24) is 14.6 Å². The fraction of sp³-hybridized carbons (Fsp3) is 0.0370. The number of benzene rings is 3. The number of anilines is 2. The Morgan fingerprint density at radius 3 is 2.72 bits per heavy atom. The third-order valence-electron chi connectivity index (χ3n) is 5.56. The van der Waals surface area contributed by atoms with Crippen LogP contribution in [0.2, 0.25) is 5.02 Å². The van der Waals surface area contributed by atoms with Crippen molar-refractivity contribution >= 4 is 48.0 Å². The molecule has 0 aliphatic heterocycles. The molecule has 5 rings (SSSR count). The van der Waals surface area contributed by atoms with Gasteiger partial charge in [0, 0.05) is 40.6 Å². The van der Waals surface area contributed by atoms with Gasteiger partial charge in [-0.15, -0.1) is 0 Å². The van der Waals surface area contributed by atoms with Crippen LogP contribution in [0.3, 0.4) is 0 Å². The molecule has 3 aromatic carbocycles. The lowest BCUT2D eigenvalue weighted by atomic mass is 10.0. The first kappa shape index (κ1) is 23.2. The van der Waals surface area contributed by atoms with Crippen LogP contribution < -0.4 is 16.1 Å². The van der Waals surface area contributed by atoms with Crippen LogP contribution in [0.15, 0.2) is 85.1 Å². The Bertz CT molecular complexity index is 1640. The van der Waals surface area contributed by atoms with E-state index in [1.165, 1.54) is 0 Å². The van der Waals surface area contributed by atoms with Crippen LogP contribution in [0.4, 0.5) is 11.5 Å². The van der Waals surface area contributed by atoms with Crippen molar-refractivity contribution < 1.29 is 4.79 Å². The smallest absolute Gasteiger partial charge is 0.255 e. The molecule has 0 aliphatic rings. The highest BCUT2D eigenvalue weighted by atomic mass is 35.5. The Kier molecular flexibility index (Phi) is 6.39. The summed E-state index contributed by atoms with van der Waals surface area (Å²) in [6.45, 7) is 0.453. The number of fused-ring (bicyclic) bond motifs is 1. The summed E-state index contributed by atoms with van der Waals surface area (Å²) in [5, 5.41) is 20.3. The van der Waals surface area contributed by atoms with Gasteiger partial charge < -0.3 is 10.6 Å². The summed E-state index contributed by atoms with van der Waals surface area (Å²) >= 11 is 6.40. The van der Waals surface area contributed by atoms with E-state index in [0.29, 0.717) is 51.0 Å². The summed E-state index contributed by atoms with van der Waals surface area (Å²) in [7, 11) is 6.11. The molecule has 0 atom stereocenters. The minimum absolute atomic E-state index is 0.288. The largest absolute Gasteiger partial charge is 0.366 e. The molecule has 0 spiro atoms. The summed E-state index contributed by atoms with van der Waals surface area (Å²) in [6, 6.07) is 25.5. The van der Waals surface area contributed by atoms with Gasteiger partial charge in [0.05, 0.1) is 17.3 Å². The van der Waals surface area contributed by atoms with Gasteiger partial charge in [-0.2, -0.15) is 14.9 Å². The lowest BCUT2D eigenvalue weighted by Crippen LogP contribution is -2.13. The molecule has 0 aliphatic carbocycles. The van der Waals surface area contributed by atoms with Crippen molar-refractivity contribution in [3.63, 3.8) is 0 Å². The summed E-state index contributed by atoms with van der Waals surface area (Å²) in [6.07, 6.45) is 1.56. The molecule has 7 nitrogen and oxygen atoms in total. The summed E-state index contributed by atoms with van der Waals surface area (Å²) in [5.41, 5.74) is 4.86. The molecule has 1 amide bonds. The summed E-state index contributed by atoms with van der Waals surface area (Å²) in [4.78, 5) is 17.3. The Labute approximate surface area is 213 Å². The van der Waals surface area contributed by atoms with Crippen LogP contribution in [0, 0.1) is 11.3 Å². The Morgan fingerprint density at radius 2 is 1.89 bits per heavy atom. The molecule has 0 saturated heterocycles.